The van der Waals surface area contributed by atoms with Gasteiger partial charge in [-0.2, -0.15) is 0 Å². The number of halogens is 1. The van der Waals surface area contributed by atoms with Crippen molar-refractivity contribution in [2.24, 2.45) is 11.8 Å². The number of nitrogens with zero attached hydrogens (tertiary/aromatic N) is 3. The molecule has 0 bridgehead atoms. The van der Waals surface area contributed by atoms with Crippen LogP contribution in [0.1, 0.15) is 110 Å². The van der Waals surface area contributed by atoms with Gasteiger partial charge in [0.1, 0.15) is 25.8 Å². The van der Waals surface area contributed by atoms with E-state index in [-0.39, 0.29) is 86.6 Å². The number of aryl methyl sites for hydroxylation is 1. The minimum absolute atomic E-state index is 0.0475. The highest BCUT2D eigenvalue weighted by molar-refractivity contribution is 6.03. The molecule has 4 atom stereocenters. The molecule has 8 rings (SSSR count). The van der Waals surface area contributed by atoms with Gasteiger partial charge in [0.05, 0.1) is 54.7 Å². The normalized spacial score (nSPS) is 18.5. The van der Waals surface area contributed by atoms with Gasteiger partial charge in [0.25, 0.3) is 5.56 Å². The molecule has 4 aromatic rings. The molecule has 5 heterocycles. The first-order valence-corrected chi connectivity index (χ1v) is 25.5. The molecule has 1 saturated heterocycles. The van der Waals surface area contributed by atoms with Gasteiger partial charge in [-0.1, -0.05) is 50.6 Å². The van der Waals surface area contributed by atoms with E-state index in [1.165, 1.54) is 15.5 Å². The van der Waals surface area contributed by atoms with Gasteiger partial charge in [0.15, 0.2) is 11.4 Å². The molecule has 1 unspecified atom stereocenters. The summed E-state index contributed by atoms with van der Waals surface area (Å²) in [7, 11) is 0. The first-order valence-electron chi connectivity index (χ1n) is 25.5. The molecule has 6 N–H and O–H groups in total. The minimum atomic E-state index is -2.05. The maximum absolute atomic E-state index is 15.4. The molecule has 402 valence electrons. The second kappa shape index (κ2) is 23.4. The molecule has 21 nitrogen and oxygen atoms in total. The number of amides is 7. The first-order chi connectivity index (χ1) is 36.4. The molecule has 1 fully saturated rings. The van der Waals surface area contributed by atoms with Crippen molar-refractivity contribution >= 4 is 64.0 Å². The average Bonchev–Trinajstić information content (AvgIpc) is 3.97. The molecular weight excluding hydrogens is 988 g/mol. The number of aliphatic hydroxyl groups is 1. The second-order valence-corrected chi connectivity index (χ2v) is 19.8. The van der Waals surface area contributed by atoms with E-state index in [9.17, 15) is 53.1 Å². The first kappa shape index (κ1) is 54.5. The Hall–Kier alpha value is -7.72. The van der Waals surface area contributed by atoms with Crippen LogP contribution in [0.15, 0.2) is 47.3 Å². The minimum Gasteiger partial charge on any atom is -0.458 e. The van der Waals surface area contributed by atoms with E-state index in [2.05, 4.69) is 26.6 Å². The zero-order chi connectivity index (χ0) is 54.4. The highest BCUT2D eigenvalue weighted by atomic mass is 19.1. The van der Waals surface area contributed by atoms with Crippen molar-refractivity contribution in [2.45, 2.75) is 110 Å². The molecule has 2 aromatic carbocycles. The van der Waals surface area contributed by atoms with Crippen molar-refractivity contribution in [3.63, 3.8) is 0 Å². The lowest BCUT2D eigenvalue weighted by atomic mass is 9.81. The molecule has 0 radical (unpaired) electrons. The van der Waals surface area contributed by atoms with Crippen LogP contribution in [0.2, 0.25) is 0 Å². The third-order valence-corrected chi connectivity index (χ3v) is 14.6. The van der Waals surface area contributed by atoms with Crippen LogP contribution >= 0.6 is 0 Å². The molecular formula is C54H61FN8O13. The maximum Gasteiger partial charge on any atom is 0.343 e. The molecule has 1 aliphatic carbocycles. The molecule has 0 spiro atoms. The number of benzene rings is 2. The van der Waals surface area contributed by atoms with Gasteiger partial charge in [-0.25, -0.2) is 14.2 Å². The van der Waals surface area contributed by atoms with Crippen LogP contribution in [0.5, 0.6) is 0 Å². The van der Waals surface area contributed by atoms with Crippen LogP contribution in [0.25, 0.3) is 22.3 Å². The van der Waals surface area contributed by atoms with E-state index in [4.69, 9.17) is 14.5 Å². The summed E-state index contributed by atoms with van der Waals surface area (Å²) in [4.78, 5) is 134. The summed E-state index contributed by atoms with van der Waals surface area (Å²) in [5.74, 6) is -6.16. The smallest absolute Gasteiger partial charge is 0.343 e. The zero-order valence-corrected chi connectivity index (χ0v) is 42.6. The number of rotatable bonds is 23. The number of hydrogen-bond donors (Lipinski definition) is 6. The standard InChI is InChI=1S/C54H61FN8O13/c1-4-54(74)37-20-41-49-35(25-63(41)52(72)36(37)26-76-53(54)73)48-39(15-14-34-30(3)38(55)21-40(61-49)47(34)48)60-45(68)27-75-28-59-44(67)24-58-50(70)32(18-31-11-7-5-8-12-31)19-33(64)22-56-43(66)23-57-42(65)13-9-6-10-16-62-46(69)17-29(2)51(62)71/h5,7-8,11-12,20-21,29,32,39,74H,4,6,9-10,13-19,22-28H2,1-3H3,(H,56,66)(H,57,65)(H,58,70)(H,59,67)(H,60,68)/t29?,32-,39+,54+/m1/s1. The van der Waals surface area contributed by atoms with E-state index in [1.54, 1.807) is 57.2 Å². The number of imide groups is 1. The number of ether oxygens (including phenoxy) is 2. The lowest BCUT2D eigenvalue weighted by Gasteiger charge is -2.31. The van der Waals surface area contributed by atoms with Crippen molar-refractivity contribution in [3.05, 3.63) is 97.6 Å². The average molecular weight is 1050 g/mol. The summed E-state index contributed by atoms with van der Waals surface area (Å²) < 4.78 is 27.6. The maximum atomic E-state index is 15.4. The Bertz CT molecular complexity index is 3090. The van der Waals surface area contributed by atoms with Gasteiger partial charge < -0.3 is 45.7 Å². The number of pyridine rings is 2. The second-order valence-electron chi connectivity index (χ2n) is 19.8. The number of carbonyl (C=O) groups excluding carboxylic acids is 9. The lowest BCUT2D eigenvalue weighted by Crippen LogP contribution is -2.44. The van der Waals surface area contributed by atoms with Crippen molar-refractivity contribution in [1.29, 1.82) is 0 Å². The Kier molecular flexibility index (Phi) is 16.8. The largest absolute Gasteiger partial charge is 0.458 e. The summed E-state index contributed by atoms with van der Waals surface area (Å²) in [6, 6.07) is 11.2. The fourth-order valence-corrected chi connectivity index (χ4v) is 10.4. The Balaban J connectivity index is 0.800. The van der Waals surface area contributed by atoms with E-state index < -0.39 is 90.7 Å². The predicted octanol–water partition coefficient (Wildman–Crippen LogP) is 1.84. The number of likely N-dealkylation sites (tertiary alicyclic amines) is 1. The Labute approximate surface area is 436 Å². The highest BCUT2D eigenvalue weighted by Crippen LogP contribution is 2.46. The van der Waals surface area contributed by atoms with Gasteiger partial charge in [-0.05, 0) is 73.8 Å². The van der Waals surface area contributed by atoms with Crippen molar-refractivity contribution in [3.8, 4) is 11.4 Å². The van der Waals surface area contributed by atoms with Gasteiger partial charge in [-0.3, -0.25) is 48.1 Å². The summed E-state index contributed by atoms with van der Waals surface area (Å²) in [6.07, 6.45) is 2.60. The zero-order valence-electron chi connectivity index (χ0n) is 42.6. The van der Waals surface area contributed by atoms with Gasteiger partial charge in [0.2, 0.25) is 41.4 Å². The molecule has 4 aliphatic rings. The molecule has 22 heteroatoms. The summed E-state index contributed by atoms with van der Waals surface area (Å²) in [6.45, 7) is 2.89. The topological polar surface area (TPSA) is 291 Å². The quantitative estimate of drug-likeness (QED) is 0.0236. The SMILES string of the molecule is CC[C@@]1(O)C(=O)OCc2c1cc1n(c2=O)Cc2c-1nc1cc(F)c(C)c3c1c2[C@@H](NC(=O)COCNC(=O)CNC(=O)[C@@H](CC(=O)CNC(=O)CNC(=O)CCCCCN1C(=O)CC(C)C1=O)Cc1ccccc1)CC3. The van der Waals surface area contributed by atoms with Gasteiger partial charge in [0, 0.05) is 60.2 Å². The molecule has 7 amide bonds. The van der Waals surface area contributed by atoms with E-state index in [0.717, 1.165) is 11.1 Å². The number of nitrogens with one attached hydrogen (secondary N) is 5. The van der Waals surface area contributed by atoms with E-state index >= 15 is 4.39 Å². The fraction of sp³-hybridized carbons (Fsp3) is 0.463. The highest BCUT2D eigenvalue weighted by Gasteiger charge is 2.46. The third kappa shape index (κ3) is 11.7. The van der Waals surface area contributed by atoms with Crippen LogP contribution in [0, 0.1) is 24.6 Å². The Morgan fingerprint density at radius 1 is 0.908 bits per heavy atom. The van der Waals surface area contributed by atoms with Crippen molar-refractivity contribution < 1.29 is 62.1 Å². The predicted molar refractivity (Wildman–Crippen MR) is 269 cm³/mol. The summed E-state index contributed by atoms with van der Waals surface area (Å²) in [5.41, 5.74) is 1.95. The fourth-order valence-electron chi connectivity index (χ4n) is 10.4. The number of hydrogen-bond acceptors (Lipinski definition) is 14. The summed E-state index contributed by atoms with van der Waals surface area (Å²) >= 11 is 0. The number of unbranched alkanes of at least 4 members (excludes halogenated alkanes) is 2. The van der Waals surface area contributed by atoms with Crippen LogP contribution in [0.4, 0.5) is 4.39 Å². The molecule has 0 saturated carbocycles. The van der Waals surface area contributed by atoms with Crippen LogP contribution in [-0.4, -0.2) is 112 Å². The summed E-state index contributed by atoms with van der Waals surface area (Å²) in [5, 5.41) is 25.0. The molecule has 76 heavy (non-hydrogen) atoms. The van der Waals surface area contributed by atoms with E-state index in [0.29, 0.717) is 77.6 Å². The molecule has 2 aromatic heterocycles. The van der Waals surface area contributed by atoms with Crippen LogP contribution < -0.4 is 32.1 Å². The Morgan fingerprint density at radius 2 is 1.64 bits per heavy atom. The van der Waals surface area contributed by atoms with E-state index in [1.807, 2.05) is 0 Å². The number of Topliss-reactive ketones (excluding diaryl/α,β-unsaturated/α-hetero) is 1. The Morgan fingerprint density at radius 3 is 2.38 bits per heavy atom. The lowest BCUT2D eigenvalue weighted by molar-refractivity contribution is -0.172. The van der Waals surface area contributed by atoms with Gasteiger partial charge >= 0.3 is 5.97 Å². The number of cyclic esters (lactones) is 1. The molecule has 3 aliphatic heterocycles. The van der Waals surface area contributed by atoms with Crippen molar-refractivity contribution in [2.75, 3.05) is 39.5 Å². The monoisotopic (exact) mass is 1050 g/mol. The van der Waals surface area contributed by atoms with Crippen LogP contribution in [0.3, 0.4) is 0 Å². The number of carbonyl (C=O) groups is 9. The number of aromatic nitrogens is 2. The van der Waals surface area contributed by atoms with Gasteiger partial charge in [-0.15, -0.1) is 0 Å². The number of fused-ring (bicyclic) bond motifs is 5. The third-order valence-electron chi connectivity index (χ3n) is 14.6. The van der Waals surface area contributed by atoms with Crippen molar-refractivity contribution in [1.82, 2.24) is 41.0 Å². The number of esters is 1. The van der Waals surface area contributed by atoms with Crippen LogP contribution in [-0.2, 0) is 84.2 Å². The number of ketones is 1.